The van der Waals surface area contributed by atoms with Crippen LogP contribution in [0.4, 0.5) is 0 Å². The van der Waals surface area contributed by atoms with Gasteiger partial charge in [-0.25, -0.2) is 0 Å². The number of para-hydroxylation sites is 1. The van der Waals surface area contributed by atoms with Crippen LogP contribution < -0.4 is 4.74 Å². The maximum atomic E-state index is 12.9. The number of rotatable bonds is 4. The van der Waals surface area contributed by atoms with Crippen LogP contribution in [0.15, 0.2) is 81.4 Å². The van der Waals surface area contributed by atoms with Crippen molar-refractivity contribution in [1.29, 1.82) is 0 Å². The van der Waals surface area contributed by atoms with E-state index in [2.05, 4.69) is 9.98 Å². The molecule has 0 saturated heterocycles. The summed E-state index contributed by atoms with van der Waals surface area (Å²) in [4.78, 5) is 21.3. The number of dihydropyridines is 1. The van der Waals surface area contributed by atoms with E-state index in [0.717, 1.165) is 11.3 Å². The molecule has 2 aliphatic rings. The number of fused-ring (bicyclic) bond motifs is 1. The normalized spacial score (nSPS) is 15.5. The van der Waals surface area contributed by atoms with Gasteiger partial charge in [-0.2, -0.15) is 0 Å². The van der Waals surface area contributed by atoms with Crippen molar-refractivity contribution < 1.29 is 9.53 Å². The van der Waals surface area contributed by atoms with Crippen molar-refractivity contribution in [1.82, 2.24) is 0 Å². The highest BCUT2D eigenvalue weighted by Crippen LogP contribution is 2.30. The second-order valence-corrected chi connectivity index (χ2v) is 6.46. The van der Waals surface area contributed by atoms with Gasteiger partial charge in [-0.05, 0) is 30.3 Å². The van der Waals surface area contributed by atoms with E-state index in [1.807, 2.05) is 30.3 Å². The number of ketones is 1. The maximum absolute atomic E-state index is 12.9. The Kier molecular flexibility index (Phi) is 4.45. The lowest BCUT2D eigenvalue weighted by Gasteiger charge is -2.14. The first kappa shape index (κ1) is 16.8. The minimum atomic E-state index is -0.321. The number of Topliss-reactive ketones (excluding diaryl/α,β-unsaturated/α-hetero) is 1. The number of halogens is 2. The number of hydrogen-bond acceptors (Lipinski definition) is 4. The summed E-state index contributed by atoms with van der Waals surface area (Å²) in [6.45, 7) is 0.326. The van der Waals surface area contributed by atoms with Gasteiger partial charge in [0.15, 0.2) is 0 Å². The van der Waals surface area contributed by atoms with Gasteiger partial charge in [-0.3, -0.25) is 14.8 Å². The molecule has 4 nitrogen and oxygen atoms in total. The molecule has 0 amide bonds. The molecule has 128 valence electrons. The Labute approximate surface area is 160 Å². The summed E-state index contributed by atoms with van der Waals surface area (Å²) < 4.78 is 5.73. The molecule has 4 rings (SSSR count). The van der Waals surface area contributed by atoms with E-state index >= 15 is 0 Å². The van der Waals surface area contributed by atoms with E-state index in [-0.39, 0.29) is 16.5 Å². The van der Waals surface area contributed by atoms with E-state index in [9.17, 15) is 4.79 Å². The topological polar surface area (TPSA) is 51.0 Å². The summed E-state index contributed by atoms with van der Waals surface area (Å²) in [6, 6.07) is 14.2. The lowest BCUT2D eigenvalue weighted by atomic mass is 10.00. The zero-order chi connectivity index (χ0) is 18.1. The lowest BCUT2D eigenvalue weighted by molar-refractivity contribution is 0.106. The van der Waals surface area contributed by atoms with Crippen LogP contribution in [0.2, 0.25) is 5.02 Å². The standard InChI is InChI=1S/C20H12Cl2N2O2/c21-16-10-13(26-12-4-2-1-3-5-12)6-7-14(16)20(25)19-18(22)15-8-9-23-17(15)11-24-19/h1-10H,11H2. The highest BCUT2D eigenvalue weighted by molar-refractivity contribution is 6.65. The molecule has 2 aliphatic heterocycles. The molecule has 0 bridgehead atoms. The summed E-state index contributed by atoms with van der Waals surface area (Å²) in [5.74, 6) is 0.908. The van der Waals surface area contributed by atoms with E-state index in [1.54, 1.807) is 30.5 Å². The van der Waals surface area contributed by atoms with Crippen LogP contribution in [0.5, 0.6) is 11.5 Å². The van der Waals surface area contributed by atoms with Crippen molar-refractivity contribution in [2.75, 3.05) is 6.54 Å². The molecule has 0 spiro atoms. The molecule has 26 heavy (non-hydrogen) atoms. The summed E-state index contributed by atoms with van der Waals surface area (Å²) in [5.41, 5.74) is 2.03. The Balaban J connectivity index is 1.60. The average Bonchev–Trinajstić information content (AvgIpc) is 3.12. The predicted octanol–water partition coefficient (Wildman–Crippen LogP) is 5.23. The monoisotopic (exact) mass is 382 g/mol. The fourth-order valence-corrected chi connectivity index (χ4v) is 3.29. The molecule has 0 atom stereocenters. The summed E-state index contributed by atoms with van der Waals surface area (Å²) in [7, 11) is 0. The molecule has 0 aromatic heterocycles. The molecular weight excluding hydrogens is 371 g/mol. The van der Waals surface area contributed by atoms with Gasteiger partial charge in [0.25, 0.3) is 0 Å². The fourth-order valence-electron chi connectivity index (χ4n) is 2.71. The zero-order valence-electron chi connectivity index (χ0n) is 13.4. The Morgan fingerprint density at radius 2 is 1.85 bits per heavy atom. The van der Waals surface area contributed by atoms with Gasteiger partial charge < -0.3 is 4.74 Å². The van der Waals surface area contributed by atoms with Crippen LogP contribution in [-0.2, 0) is 0 Å². The van der Waals surface area contributed by atoms with E-state index in [4.69, 9.17) is 27.9 Å². The van der Waals surface area contributed by atoms with Crippen LogP contribution in [0, 0.1) is 0 Å². The first-order chi connectivity index (χ1) is 12.6. The van der Waals surface area contributed by atoms with Crippen LogP contribution in [0.3, 0.4) is 0 Å². The molecule has 0 N–H and O–H groups in total. The lowest BCUT2D eigenvalue weighted by Crippen LogP contribution is -2.23. The zero-order valence-corrected chi connectivity index (χ0v) is 15.0. The molecular formula is C20H12Cl2N2O2. The Morgan fingerprint density at radius 3 is 2.62 bits per heavy atom. The largest absolute Gasteiger partial charge is 0.457 e. The van der Waals surface area contributed by atoms with Gasteiger partial charge in [0.2, 0.25) is 5.78 Å². The Hall–Kier alpha value is -2.69. The van der Waals surface area contributed by atoms with Crippen molar-refractivity contribution in [2.24, 2.45) is 9.98 Å². The number of benzene rings is 2. The fraction of sp³-hybridized carbons (Fsp3) is 0.0500. The molecule has 2 aromatic carbocycles. The third-order valence-electron chi connectivity index (χ3n) is 3.99. The van der Waals surface area contributed by atoms with Crippen molar-refractivity contribution in [3.63, 3.8) is 0 Å². The summed E-state index contributed by atoms with van der Waals surface area (Å²) >= 11 is 12.7. The molecule has 2 heterocycles. The van der Waals surface area contributed by atoms with Crippen molar-refractivity contribution in [3.05, 3.63) is 82.0 Å². The van der Waals surface area contributed by atoms with Gasteiger partial charge in [0.1, 0.15) is 17.2 Å². The molecule has 2 aromatic rings. The molecule has 0 unspecified atom stereocenters. The number of ether oxygens (including phenoxy) is 1. The molecule has 6 heteroatoms. The summed E-state index contributed by atoms with van der Waals surface area (Å²) in [5, 5.41) is 0.580. The molecule has 0 fully saturated rings. The average molecular weight is 383 g/mol. The first-order valence-electron chi connectivity index (χ1n) is 7.89. The predicted molar refractivity (Wildman–Crippen MR) is 104 cm³/mol. The molecule has 0 aliphatic carbocycles. The maximum Gasteiger partial charge on any atom is 0.213 e. The second kappa shape index (κ2) is 6.90. The van der Waals surface area contributed by atoms with E-state index < -0.39 is 0 Å². The number of carbonyl (C=O) groups is 1. The highest BCUT2D eigenvalue weighted by Gasteiger charge is 2.27. The van der Waals surface area contributed by atoms with Gasteiger partial charge in [-0.15, -0.1) is 0 Å². The van der Waals surface area contributed by atoms with Gasteiger partial charge in [-0.1, -0.05) is 41.4 Å². The van der Waals surface area contributed by atoms with Gasteiger partial charge in [0.05, 0.1) is 22.3 Å². The second-order valence-electron chi connectivity index (χ2n) is 5.67. The van der Waals surface area contributed by atoms with E-state index in [0.29, 0.717) is 28.6 Å². The van der Waals surface area contributed by atoms with Gasteiger partial charge in [0, 0.05) is 23.4 Å². The van der Waals surface area contributed by atoms with Gasteiger partial charge >= 0.3 is 0 Å². The summed E-state index contributed by atoms with van der Waals surface area (Å²) in [6.07, 6.45) is 3.43. The minimum absolute atomic E-state index is 0.200. The highest BCUT2D eigenvalue weighted by atomic mass is 35.5. The Bertz CT molecular complexity index is 1020. The number of nitrogens with zero attached hydrogens (tertiary/aromatic N) is 2. The van der Waals surface area contributed by atoms with Crippen LogP contribution in [0.25, 0.3) is 0 Å². The molecule has 0 radical (unpaired) electrons. The number of allylic oxidation sites excluding steroid dienone is 2. The Morgan fingerprint density at radius 1 is 1.04 bits per heavy atom. The number of hydrogen-bond donors (Lipinski definition) is 0. The third-order valence-corrected chi connectivity index (χ3v) is 4.69. The first-order valence-corrected chi connectivity index (χ1v) is 8.64. The van der Waals surface area contributed by atoms with Crippen LogP contribution in [-0.4, -0.2) is 23.8 Å². The van der Waals surface area contributed by atoms with Crippen molar-refractivity contribution in [2.45, 2.75) is 0 Å². The minimum Gasteiger partial charge on any atom is -0.457 e. The SMILES string of the molecule is O=C(C1=NCC2=NC=CC2=C1Cl)c1ccc(Oc2ccccc2)cc1Cl. The molecule has 0 saturated carbocycles. The van der Waals surface area contributed by atoms with Crippen LogP contribution >= 0.6 is 23.2 Å². The number of aliphatic imine (C=N–C) groups is 2. The van der Waals surface area contributed by atoms with E-state index in [1.165, 1.54) is 0 Å². The third kappa shape index (κ3) is 3.09. The van der Waals surface area contributed by atoms with Crippen molar-refractivity contribution >= 4 is 40.4 Å². The van der Waals surface area contributed by atoms with Crippen LogP contribution in [0.1, 0.15) is 10.4 Å². The smallest absolute Gasteiger partial charge is 0.213 e. The quantitative estimate of drug-likeness (QED) is 0.679. The number of carbonyl (C=O) groups excluding carboxylic acids is 1. The van der Waals surface area contributed by atoms with Crippen molar-refractivity contribution in [3.8, 4) is 11.5 Å².